The zero-order valence-electron chi connectivity index (χ0n) is 16.3. The molecule has 1 fully saturated rings. The van der Waals surface area contributed by atoms with Gasteiger partial charge in [-0.2, -0.15) is 4.98 Å². The molecule has 1 amide bonds. The fraction of sp³-hybridized carbons (Fsp3) is 0.174. The second-order valence-electron chi connectivity index (χ2n) is 7.45. The first-order valence-electron chi connectivity index (χ1n) is 9.90. The van der Waals surface area contributed by atoms with Gasteiger partial charge in [-0.05, 0) is 65.9 Å². The van der Waals surface area contributed by atoms with E-state index >= 15 is 0 Å². The Hall–Kier alpha value is -3.87. The summed E-state index contributed by atoms with van der Waals surface area (Å²) in [5.41, 5.74) is 10.1. The van der Waals surface area contributed by atoms with E-state index in [2.05, 4.69) is 15.4 Å². The van der Waals surface area contributed by atoms with Crippen LogP contribution in [0.3, 0.4) is 0 Å². The van der Waals surface area contributed by atoms with Crippen LogP contribution in [-0.2, 0) is 11.2 Å². The molecule has 2 aromatic carbocycles. The maximum Gasteiger partial charge on any atom is 0.240 e. The number of anilines is 2. The van der Waals surface area contributed by atoms with Crippen molar-refractivity contribution < 1.29 is 9.53 Å². The van der Waals surface area contributed by atoms with Crippen molar-refractivity contribution >= 4 is 23.2 Å². The summed E-state index contributed by atoms with van der Waals surface area (Å²) in [4.78, 5) is 16.6. The van der Waals surface area contributed by atoms with E-state index in [9.17, 15) is 4.79 Å². The number of benzene rings is 2. The van der Waals surface area contributed by atoms with Crippen LogP contribution >= 0.6 is 0 Å². The smallest absolute Gasteiger partial charge is 0.240 e. The molecular weight excluding hydrogens is 378 g/mol. The highest BCUT2D eigenvalue weighted by atomic mass is 16.5. The number of fused-ring (bicyclic) bond motifs is 1. The Labute approximate surface area is 173 Å². The van der Waals surface area contributed by atoms with Crippen LogP contribution in [0.5, 0.6) is 5.75 Å². The highest BCUT2D eigenvalue weighted by Gasteiger charge is 2.23. The molecule has 0 spiro atoms. The number of carbonyl (C=O) groups excluding carboxylic acids is 1. The lowest BCUT2D eigenvalue weighted by Gasteiger charge is -2.08. The molecule has 2 heterocycles. The third-order valence-corrected chi connectivity index (χ3v) is 4.97. The second-order valence-corrected chi connectivity index (χ2v) is 7.45. The van der Waals surface area contributed by atoms with Crippen LogP contribution in [0.15, 0.2) is 66.9 Å². The van der Waals surface area contributed by atoms with E-state index in [0.717, 1.165) is 41.0 Å². The molecule has 7 nitrogen and oxygen atoms in total. The zero-order valence-corrected chi connectivity index (χ0v) is 16.3. The van der Waals surface area contributed by atoms with Crippen molar-refractivity contribution in [3.05, 3.63) is 72.4 Å². The van der Waals surface area contributed by atoms with Crippen LogP contribution < -0.4 is 15.8 Å². The van der Waals surface area contributed by atoms with Gasteiger partial charge in [-0.3, -0.25) is 4.79 Å². The van der Waals surface area contributed by atoms with Gasteiger partial charge in [0, 0.05) is 11.9 Å². The normalized spacial score (nSPS) is 13.3. The molecule has 0 atom stereocenters. The molecule has 0 saturated heterocycles. The summed E-state index contributed by atoms with van der Waals surface area (Å²) < 4.78 is 7.37. The number of aromatic nitrogens is 3. The molecule has 1 saturated carbocycles. The van der Waals surface area contributed by atoms with Crippen LogP contribution in [0, 0.1) is 0 Å². The molecule has 150 valence electrons. The molecule has 30 heavy (non-hydrogen) atoms. The van der Waals surface area contributed by atoms with Gasteiger partial charge in [0.2, 0.25) is 11.9 Å². The molecule has 0 aliphatic heterocycles. The van der Waals surface area contributed by atoms with E-state index in [4.69, 9.17) is 10.5 Å². The lowest BCUT2D eigenvalue weighted by atomic mass is 10.0. The number of amides is 1. The maximum atomic E-state index is 12.4. The molecule has 1 aliphatic rings. The molecule has 0 bridgehead atoms. The molecule has 7 heteroatoms. The number of pyridine rings is 1. The van der Waals surface area contributed by atoms with Crippen molar-refractivity contribution in [2.24, 2.45) is 0 Å². The summed E-state index contributed by atoms with van der Waals surface area (Å²) in [6.07, 6.45) is 4.75. The number of nitrogens with zero attached hydrogens (tertiary/aromatic N) is 3. The summed E-state index contributed by atoms with van der Waals surface area (Å²) >= 11 is 0. The van der Waals surface area contributed by atoms with Crippen molar-refractivity contribution in [3.8, 4) is 16.9 Å². The van der Waals surface area contributed by atoms with Gasteiger partial charge in [0.25, 0.3) is 0 Å². The lowest BCUT2D eigenvalue weighted by Crippen LogP contribution is -2.14. The maximum absolute atomic E-state index is 12.4. The third kappa shape index (κ3) is 4.10. The average Bonchev–Trinajstić information content (AvgIpc) is 3.47. The average molecular weight is 399 g/mol. The highest BCUT2D eigenvalue weighted by Crippen LogP contribution is 2.27. The van der Waals surface area contributed by atoms with E-state index in [1.54, 1.807) is 4.52 Å². The number of hydrogen-bond donors (Lipinski definition) is 2. The van der Waals surface area contributed by atoms with Gasteiger partial charge in [0.05, 0.1) is 12.5 Å². The first kappa shape index (κ1) is 18.2. The number of nitrogen functional groups attached to an aromatic ring is 1. The predicted octanol–water partition coefficient (Wildman–Crippen LogP) is 3.70. The summed E-state index contributed by atoms with van der Waals surface area (Å²) in [6, 6.07) is 19.3. The van der Waals surface area contributed by atoms with Crippen molar-refractivity contribution in [2.45, 2.75) is 25.4 Å². The predicted molar refractivity (Wildman–Crippen MR) is 115 cm³/mol. The van der Waals surface area contributed by atoms with Crippen LogP contribution in [0.25, 0.3) is 16.8 Å². The van der Waals surface area contributed by atoms with Gasteiger partial charge >= 0.3 is 0 Å². The minimum atomic E-state index is -0.0565. The van der Waals surface area contributed by atoms with Crippen LogP contribution in [0.2, 0.25) is 0 Å². The van der Waals surface area contributed by atoms with Crippen LogP contribution in [0.1, 0.15) is 18.4 Å². The number of carbonyl (C=O) groups is 1. The van der Waals surface area contributed by atoms with Crippen molar-refractivity contribution in [1.82, 2.24) is 14.6 Å². The van der Waals surface area contributed by atoms with E-state index in [-0.39, 0.29) is 11.9 Å². The Morgan fingerprint density at radius 1 is 1.07 bits per heavy atom. The molecule has 0 radical (unpaired) electrons. The Kier molecular flexibility index (Phi) is 4.55. The molecule has 2 aromatic heterocycles. The Morgan fingerprint density at radius 2 is 1.83 bits per heavy atom. The Bertz CT molecular complexity index is 1190. The largest absolute Gasteiger partial charge is 0.490 e. The fourth-order valence-electron chi connectivity index (χ4n) is 3.28. The SMILES string of the molecule is Nc1nc2cc(-c3ccc(CC(=O)Nc4ccc(OC5CC5)cc4)cc3)ccn2n1. The Morgan fingerprint density at radius 3 is 2.57 bits per heavy atom. The van der Waals surface area contributed by atoms with E-state index in [1.807, 2.05) is 66.9 Å². The highest BCUT2D eigenvalue weighted by molar-refractivity contribution is 5.92. The number of nitrogens with one attached hydrogen (secondary N) is 1. The number of rotatable bonds is 6. The summed E-state index contributed by atoms with van der Waals surface area (Å²) in [5.74, 6) is 1.04. The van der Waals surface area contributed by atoms with Gasteiger partial charge in [-0.25, -0.2) is 4.52 Å². The minimum absolute atomic E-state index is 0.0565. The second kappa shape index (κ2) is 7.51. The summed E-state index contributed by atoms with van der Waals surface area (Å²) in [6.45, 7) is 0. The molecule has 5 rings (SSSR count). The standard InChI is InChI=1S/C23H21N5O2/c24-23-26-21-14-17(11-12-28(21)27-23)16-3-1-15(2-4-16)13-22(29)25-18-5-7-19(8-6-18)30-20-9-10-20/h1-8,11-12,14,20H,9-10,13H2,(H2,24,27)(H,25,29). The van der Waals surface area contributed by atoms with Crippen molar-refractivity contribution in [2.75, 3.05) is 11.1 Å². The summed E-state index contributed by atoms with van der Waals surface area (Å²) in [5, 5.41) is 7.01. The molecule has 1 aliphatic carbocycles. The third-order valence-electron chi connectivity index (χ3n) is 4.97. The van der Waals surface area contributed by atoms with Crippen molar-refractivity contribution in [3.63, 3.8) is 0 Å². The number of hydrogen-bond acceptors (Lipinski definition) is 5. The van der Waals surface area contributed by atoms with E-state index < -0.39 is 0 Å². The first-order valence-corrected chi connectivity index (χ1v) is 9.90. The van der Waals surface area contributed by atoms with Crippen LogP contribution in [-0.4, -0.2) is 26.6 Å². The topological polar surface area (TPSA) is 94.5 Å². The van der Waals surface area contributed by atoms with Crippen LogP contribution in [0.4, 0.5) is 11.6 Å². The molecule has 0 unspecified atom stereocenters. The Balaban J connectivity index is 1.22. The van der Waals surface area contributed by atoms with Gasteiger partial charge in [-0.15, -0.1) is 5.10 Å². The van der Waals surface area contributed by atoms with Gasteiger partial charge in [0.15, 0.2) is 5.65 Å². The number of ether oxygens (including phenoxy) is 1. The van der Waals surface area contributed by atoms with Gasteiger partial charge in [0.1, 0.15) is 5.75 Å². The lowest BCUT2D eigenvalue weighted by molar-refractivity contribution is -0.115. The number of nitrogens with two attached hydrogens (primary N) is 1. The zero-order chi connectivity index (χ0) is 20.5. The molecule has 3 N–H and O–H groups in total. The first-order chi connectivity index (χ1) is 14.6. The van der Waals surface area contributed by atoms with Crippen molar-refractivity contribution in [1.29, 1.82) is 0 Å². The quantitative estimate of drug-likeness (QED) is 0.516. The monoisotopic (exact) mass is 399 g/mol. The summed E-state index contributed by atoms with van der Waals surface area (Å²) in [7, 11) is 0. The fourth-order valence-corrected chi connectivity index (χ4v) is 3.28. The molecule has 4 aromatic rings. The minimum Gasteiger partial charge on any atom is -0.490 e. The van der Waals surface area contributed by atoms with Gasteiger partial charge < -0.3 is 15.8 Å². The van der Waals surface area contributed by atoms with E-state index in [0.29, 0.717) is 18.2 Å². The molecular formula is C23H21N5O2. The van der Waals surface area contributed by atoms with E-state index in [1.165, 1.54) is 0 Å². The van der Waals surface area contributed by atoms with Gasteiger partial charge in [-0.1, -0.05) is 24.3 Å².